The molecule has 1 rings (SSSR count). The number of pyridine rings is 1. The van der Waals surface area contributed by atoms with Crippen LogP contribution in [0.25, 0.3) is 0 Å². The minimum Gasteiger partial charge on any atom is -0.409 e. The molecule has 0 radical (unpaired) electrons. The van der Waals surface area contributed by atoms with E-state index in [-0.39, 0.29) is 5.54 Å². The third-order valence-corrected chi connectivity index (χ3v) is 2.23. The van der Waals surface area contributed by atoms with Crippen molar-refractivity contribution in [3.8, 4) is 5.75 Å². The first-order chi connectivity index (χ1) is 6.88. The van der Waals surface area contributed by atoms with Crippen molar-refractivity contribution in [1.82, 2.24) is 10.3 Å². The molecule has 0 saturated heterocycles. The van der Waals surface area contributed by atoms with Crippen LogP contribution in [-0.4, -0.2) is 16.6 Å². The van der Waals surface area contributed by atoms with Crippen LogP contribution >= 0.6 is 22.6 Å². The summed E-state index contributed by atoms with van der Waals surface area (Å²) in [7, 11) is 0. The molecule has 1 amide bonds. The third kappa shape index (κ3) is 4.46. The summed E-state index contributed by atoms with van der Waals surface area (Å²) in [5, 5.41) is 2.71. The van der Waals surface area contributed by atoms with E-state index >= 15 is 0 Å². The van der Waals surface area contributed by atoms with Crippen molar-refractivity contribution >= 4 is 28.7 Å². The zero-order valence-corrected chi connectivity index (χ0v) is 11.0. The Morgan fingerprint density at radius 2 is 2.20 bits per heavy atom. The van der Waals surface area contributed by atoms with Crippen LogP contribution in [0.3, 0.4) is 0 Å². The van der Waals surface area contributed by atoms with E-state index in [4.69, 9.17) is 4.74 Å². The molecular weight excluding hydrogens is 307 g/mol. The van der Waals surface area contributed by atoms with Crippen molar-refractivity contribution in [3.63, 3.8) is 0 Å². The van der Waals surface area contributed by atoms with Crippen molar-refractivity contribution in [2.75, 3.05) is 0 Å². The third-order valence-electron chi connectivity index (χ3n) is 1.41. The Hall–Kier alpha value is -0.850. The van der Waals surface area contributed by atoms with Gasteiger partial charge < -0.3 is 10.1 Å². The molecule has 0 unspecified atom stereocenters. The molecule has 0 aromatic carbocycles. The van der Waals surface area contributed by atoms with Crippen LogP contribution < -0.4 is 10.1 Å². The van der Waals surface area contributed by atoms with Crippen molar-refractivity contribution in [2.45, 2.75) is 26.3 Å². The Kier molecular flexibility index (Phi) is 3.90. The molecule has 0 bridgehead atoms. The Morgan fingerprint density at radius 1 is 1.53 bits per heavy atom. The fraction of sp³-hybridized carbons (Fsp3) is 0.400. The van der Waals surface area contributed by atoms with E-state index < -0.39 is 6.09 Å². The fourth-order valence-electron chi connectivity index (χ4n) is 0.877. The highest BCUT2D eigenvalue weighted by Crippen LogP contribution is 2.18. The molecule has 4 nitrogen and oxygen atoms in total. The van der Waals surface area contributed by atoms with Crippen LogP contribution in [0.15, 0.2) is 18.5 Å². The van der Waals surface area contributed by atoms with Crippen LogP contribution in [0.1, 0.15) is 20.8 Å². The molecule has 5 heteroatoms. The van der Waals surface area contributed by atoms with Gasteiger partial charge in [0, 0.05) is 24.0 Å². The van der Waals surface area contributed by atoms with Crippen LogP contribution in [0, 0.1) is 3.57 Å². The minimum absolute atomic E-state index is 0.296. The number of ether oxygens (including phenoxy) is 1. The van der Waals surface area contributed by atoms with Crippen molar-refractivity contribution in [2.24, 2.45) is 0 Å². The fourth-order valence-corrected chi connectivity index (χ4v) is 1.33. The van der Waals surface area contributed by atoms with E-state index in [9.17, 15) is 4.79 Å². The van der Waals surface area contributed by atoms with Gasteiger partial charge in [0.05, 0.1) is 3.57 Å². The number of halogens is 1. The Labute approximate surface area is 103 Å². The van der Waals surface area contributed by atoms with Gasteiger partial charge in [-0.1, -0.05) is 0 Å². The van der Waals surface area contributed by atoms with Crippen LogP contribution in [-0.2, 0) is 0 Å². The standard InChI is InChI=1S/C10H13IN2O2/c1-10(2,3)13-9(14)15-8-4-5-12-6-7(8)11/h4-6H,1-3H3,(H,13,14). The van der Waals surface area contributed by atoms with E-state index in [2.05, 4.69) is 32.9 Å². The average molecular weight is 320 g/mol. The number of hydrogen-bond acceptors (Lipinski definition) is 3. The van der Waals surface area contributed by atoms with Crippen LogP contribution in [0.5, 0.6) is 5.75 Å². The Morgan fingerprint density at radius 3 is 2.73 bits per heavy atom. The Bertz CT molecular complexity index is 361. The molecule has 82 valence electrons. The first kappa shape index (κ1) is 12.2. The summed E-state index contributed by atoms with van der Waals surface area (Å²) in [5.41, 5.74) is -0.296. The highest BCUT2D eigenvalue weighted by Gasteiger charge is 2.15. The number of aromatic nitrogens is 1. The molecule has 0 fully saturated rings. The molecule has 1 aromatic heterocycles. The van der Waals surface area contributed by atoms with Crippen LogP contribution in [0.2, 0.25) is 0 Å². The number of nitrogens with zero attached hydrogens (tertiary/aromatic N) is 1. The summed E-state index contributed by atoms with van der Waals surface area (Å²) >= 11 is 2.06. The number of hydrogen-bond donors (Lipinski definition) is 1. The molecule has 15 heavy (non-hydrogen) atoms. The second-order valence-corrected chi connectivity index (χ2v) is 5.23. The maximum Gasteiger partial charge on any atom is 0.413 e. The van der Waals surface area contributed by atoms with Gasteiger partial charge in [-0.2, -0.15) is 0 Å². The predicted molar refractivity (Wildman–Crippen MR) is 65.9 cm³/mol. The molecule has 0 spiro atoms. The second kappa shape index (κ2) is 4.78. The number of amides is 1. The zero-order chi connectivity index (χ0) is 11.5. The first-order valence-corrected chi connectivity index (χ1v) is 5.56. The molecule has 1 aromatic rings. The highest BCUT2D eigenvalue weighted by molar-refractivity contribution is 14.1. The van der Waals surface area contributed by atoms with Gasteiger partial charge in [-0.3, -0.25) is 4.98 Å². The molecule has 0 atom stereocenters. The molecule has 1 N–H and O–H groups in total. The summed E-state index contributed by atoms with van der Waals surface area (Å²) in [5.74, 6) is 0.521. The summed E-state index contributed by atoms with van der Waals surface area (Å²) in [4.78, 5) is 15.3. The van der Waals surface area contributed by atoms with E-state index in [1.54, 1.807) is 18.5 Å². The monoisotopic (exact) mass is 320 g/mol. The highest BCUT2D eigenvalue weighted by atomic mass is 127. The van der Waals surface area contributed by atoms with E-state index in [0.717, 1.165) is 3.57 Å². The van der Waals surface area contributed by atoms with Crippen molar-refractivity contribution in [3.05, 3.63) is 22.0 Å². The number of carbonyl (C=O) groups excluding carboxylic acids is 1. The lowest BCUT2D eigenvalue weighted by atomic mass is 10.1. The second-order valence-electron chi connectivity index (χ2n) is 4.07. The van der Waals surface area contributed by atoms with Gasteiger partial charge in [-0.05, 0) is 43.4 Å². The molecule has 0 aliphatic rings. The molecule has 0 aliphatic carbocycles. The van der Waals surface area contributed by atoms with Gasteiger partial charge >= 0.3 is 6.09 Å². The number of rotatable bonds is 1. The Balaban J connectivity index is 2.64. The van der Waals surface area contributed by atoms with E-state index in [1.807, 2.05) is 20.8 Å². The van der Waals surface area contributed by atoms with Crippen molar-refractivity contribution < 1.29 is 9.53 Å². The number of nitrogens with one attached hydrogen (secondary N) is 1. The molecule has 0 aliphatic heterocycles. The van der Waals surface area contributed by atoms with Gasteiger partial charge in [-0.15, -0.1) is 0 Å². The summed E-state index contributed by atoms with van der Waals surface area (Å²) < 4.78 is 5.93. The van der Waals surface area contributed by atoms with Gasteiger partial charge in [0.15, 0.2) is 0 Å². The lowest BCUT2D eigenvalue weighted by molar-refractivity contribution is 0.190. The van der Waals surface area contributed by atoms with E-state index in [1.165, 1.54) is 0 Å². The minimum atomic E-state index is -0.452. The van der Waals surface area contributed by atoms with Gasteiger partial charge in [-0.25, -0.2) is 4.79 Å². The zero-order valence-electron chi connectivity index (χ0n) is 8.87. The lowest BCUT2D eigenvalue weighted by Crippen LogP contribution is -2.42. The molecular formula is C10H13IN2O2. The summed E-state index contributed by atoms with van der Waals surface area (Å²) in [6, 6.07) is 1.66. The largest absolute Gasteiger partial charge is 0.413 e. The predicted octanol–water partition coefficient (Wildman–Crippen LogP) is 2.57. The summed E-state index contributed by atoms with van der Waals surface area (Å²) in [6.07, 6.45) is 2.77. The molecule has 0 saturated carbocycles. The van der Waals surface area contributed by atoms with Gasteiger partial charge in [0.1, 0.15) is 5.75 Å². The normalized spacial score (nSPS) is 10.9. The first-order valence-electron chi connectivity index (χ1n) is 4.48. The van der Waals surface area contributed by atoms with Crippen LogP contribution in [0.4, 0.5) is 4.79 Å². The average Bonchev–Trinajstić information content (AvgIpc) is 2.05. The number of carbonyl (C=O) groups is 1. The van der Waals surface area contributed by atoms with Crippen molar-refractivity contribution in [1.29, 1.82) is 0 Å². The summed E-state index contributed by atoms with van der Waals surface area (Å²) in [6.45, 7) is 5.68. The smallest absolute Gasteiger partial charge is 0.409 e. The van der Waals surface area contributed by atoms with Gasteiger partial charge in [0.25, 0.3) is 0 Å². The van der Waals surface area contributed by atoms with E-state index in [0.29, 0.717) is 5.75 Å². The maximum atomic E-state index is 11.4. The topological polar surface area (TPSA) is 51.2 Å². The van der Waals surface area contributed by atoms with Gasteiger partial charge in [0.2, 0.25) is 0 Å². The quantitative estimate of drug-likeness (QED) is 0.809. The lowest BCUT2D eigenvalue weighted by Gasteiger charge is -2.19. The maximum absolute atomic E-state index is 11.4. The SMILES string of the molecule is CC(C)(C)NC(=O)Oc1ccncc1I. The molecule has 1 heterocycles.